The number of amides is 1. The molecule has 2 N–H and O–H groups in total. The summed E-state index contributed by atoms with van der Waals surface area (Å²) < 4.78 is 44.9. The molecule has 1 aliphatic rings. The van der Waals surface area contributed by atoms with Gasteiger partial charge in [-0.05, 0) is 19.1 Å². The van der Waals surface area contributed by atoms with Crippen LogP contribution in [0, 0.1) is 6.92 Å². The van der Waals surface area contributed by atoms with Gasteiger partial charge >= 0.3 is 6.18 Å². The molecule has 12 heteroatoms. The third kappa shape index (κ3) is 5.05. The van der Waals surface area contributed by atoms with E-state index in [-0.39, 0.29) is 12.5 Å². The van der Waals surface area contributed by atoms with Crippen LogP contribution in [0.3, 0.4) is 0 Å². The molecule has 0 aromatic carbocycles. The quantitative estimate of drug-likeness (QED) is 0.492. The van der Waals surface area contributed by atoms with Gasteiger partial charge in [-0.1, -0.05) is 6.58 Å². The van der Waals surface area contributed by atoms with Crippen LogP contribution in [0.1, 0.15) is 22.5 Å². The Morgan fingerprint density at radius 1 is 1.31 bits per heavy atom. The van der Waals surface area contributed by atoms with Crippen molar-refractivity contribution in [2.45, 2.75) is 32.2 Å². The summed E-state index contributed by atoms with van der Waals surface area (Å²) in [6.07, 6.45) is -0.161. The number of nitrogens with one attached hydrogen (secondary N) is 2. The molecule has 3 aromatic rings. The lowest BCUT2D eigenvalue weighted by molar-refractivity contribution is -0.137. The second-order valence-electron chi connectivity index (χ2n) is 8.10. The summed E-state index contributed by atoms with van der Waals surface area (Å²) >= 11 is 0. The number of pyridine rings is 2. The molecule has 0 saturated heterocycles. The highest BCUT2D eigenvalue weighted by atomic mass is 19.4. The van der Waals surface area contributed by atoms with Crippen molar-refractivity contribution in [3.63, 3.8) is 0 Å². The fourth-order valence-corrected chi connectivity index (χ4v) is 3.79. The summed E-state index contributed by atoms with van der Waals surface area (Å²) in [5.74, 6) is 0.685. The van der Waals surface area contributed by atoms with Crippen molar-refractivity contribution in [3.05, 3.63) is 71.6 Å². The smallest absolute Gasteiger partial charge is 0.417 e. The highest BCUT2D eigenvalue weighted by Crippen LogP contribution is 2.36. The van der Waals surface area contributed by atoms with Crippen molar-refractivity contribution < 1.29 is 22.7 Å². The molecular weight excluding hydrogens is 463 g/mol. The number of halogens is 3. The van der Waals surface area contributed by atoms with Crippen molar-refractivity contribution >= 4 is 23.1 Å². The van der Waals surface area contributed by atoms with Crippen LogP contribution >= 0.6 is 0 Å². The highest BCUT2D eigenvalue weighted by Gasteiger charge is 2.35. The predicted molar refractivity (Wildman–Crippen MR) is 124 cm³/mol. The fourth-order valence-electron chi connectivity index (χ4n) is 3.79. The van der Waals surface area contributed by atoms with Crippen LogP contribution in [-0.4, -0.2) is 45.9 Å². The lowest BCUT2D eigenvalue weighted by Gasteiger charge is -2.36. The van der Waals surface area contributed by atoms with E-state index in [0.717, 1.165) is 23.5 Å². The van der Waals surface area contributed by atoms with E-state index in [0.29, 0.717) is 35.2 Å². The number of aryl methyl sites for hydroxylation is 1. The van der Waals surface area contributed by atoms with Crippen LogP contribution in [0.5, 0.6) is 0 Å². The van der Waals surface area contributed by atoms with Crippen LogP contribution in [-0.2, 0) is 28.8 Å². The van der Waals surface area contributed by atoms with Gasteiger partial charge in [-0.15, -0.1) is 0 Å². The molecule has 0 radical (unpaired) electrons. The molecule has 0 saturated carbocycles. The van der Waals surface area contributed by atoms with Gasteiger partial charge in [0.15, 0.2) is 6.04 Å². The fraction of sp³-hybridized carbons (Fsp3) is 0.304. The average molecular weight is 487 g/mol. The van der Waals surface area contributed by atoms with Crippen molar-refractivity contribution in [3.8, 4) is 0 Å². The van der Waals surface area contributed by atoms with Crippen molar-refractivity contribution in [2.75, 3.05) is 29.7 Å². The third-order valence-electron chi connectivity index (χ3n) is 5.65. The van der Waals surface area contributed by atoms with E-state index in [9.17, 15) is 18.0 Å². The van der Waals surface area contributed by atoms with Gasteiger partial charge in [0.05, 0.1) is 48.2 Å². The maximum absolute atomic E-state index is 12.7. The van der Waals surface area contributed by atoms with Crippen molar-refractivity contribution in [2.24, 2.45) is 0 Å². The Bertz CT molecular complexity index is 1250. The molecule has 0 fully saturated rings. The van der Waals surface area contributed by atoms with E-state index < -0.39 is 17.8 Å². The van der Waals surface area contributed by atoms with E-state index in [1.54, 1.807) is 35.9 Å². The number of carbonyl (C=O) groups excluding carboxylic acids is 1. The normalized spacial score (nSPS) is 15.4. The highest BCUT2D eigenvalue weighted by molar-refractivity contribution is 6.05. The van der Waals surface area contributed by atoms with Gasteiger partial charge in [0, 0.05) is 37.6 Å². The molecular formula is C23H24F3N7O2. The number of carbonyl (C=O) groups is 1. The largest absolute Gasteiger partial charge is 0.499 e. The molecule has 1 unspecified atom stereocenters. The van der Waals surface area contributed by atoms with E-state index in [2.05, 4.69) is 32.3 Å². The molecule has 0 aliphatic carbocycles. The Hall–Kier alpha value is -4.09. The first-order valence-corrected chi connectivity index (χ1v) is 10.6. The predicted octanol–water partition coefficient (Wildman–Crippen LogP) is 3.58. The number of ether oxygens (including phenoxy) is 1. The summed E-state index contributed by atoms with van der Waals surface area (Å²) in [7, 11) is 3.26. The molecule has 184 valence electrons. The second kappa shape index (κ2) is 9.28. The van der Waals surface area contributed by atoms with Gasteiger partial charge in [-0.2, -0.15) is 18.3 Å². The van der Waals surface area contributed by atoms with Gasteiger partial charge in [-0.25, -0.2) is 4.98 Å². The SMILES string of the molecule is C=C(OC)C1C(=O)Nc2c(cc(NCc3cnn(Cc4ccc(C(F)(F)F)cn4)c3)nc2C)N1C. The number of hydrogen-bond donors (Lipinski definition) is 2. The van der Waals surface area contributed by atoms with Crippen LogP contribution < -0.4 is 15.5 Å². The number of aromatic nitrogens is 4. The number of alkyl halides is 3. The average Bonchev–Trinajstić information content (AvgIpc) is 3.25. The third-order valence-corrected chi connectivity index (χ3v) is 5.65. The Morgan fingerprint density at radius 2 is 2.09 bits per heavy atom. The Morgan fingerprint density at radius 3 is 2.74 bits per heavy atom. The molecule has 4 heterocycles. The summed E-state index contributed by atoms with van der Waals surface area (Å²) in [4.78, 5) is 22.7. The topological polar surface area (TPSA) is 97.2 Å². The number of methoxy groups -OCH3 is 1. The van der Waals surface area contributed by atoms with Gasteiger partial charge < -0.3 is 20.3 Å². The van der Waals surface area contributed by atoms with Gasteiger partial charge in [0.2, 0.25) is 0 Å². The monoisotopic (exact) mass is 487 g/mol. The van der Waals surface area contributed by atoms with Crippen LogP contribution in [0.15, 0.2) is 49.1 Å². The Kier molecular flexibility index (Phi) is 6.37. The maximum atomic E-state index is 12.7. The van der Waals surface area contributed by atoms with Crippen LogP contribution in [0.25, 0.3) is 0 Å². The van der Waals surface area contributed by atoms with E-state index in [1.165, 1.54) is 13.2 Å². The van der Waals surface area contributed by atoms with Crippen molar-refractivity contribution in [1.29, 1.82) is 0 Å². The molecule has 1 atom stereocenters. The zero-order valence-electron chi connectivity index (χ0n) is 19.3. The van der Waals surface area contributed by atoms with Gasteiger partial charge in [-0.3, -0.25) is 14.5 Å². The molecule has 3 aromatic heterocycles. The molecule has 1 amide bonds. The minimum Gasteiger partial charge on any atom is -0.499 e. The first-order chi connectivity index (χ1) is 16.6. The lowest BCUT2D eigenvalue weighted by Crippen LogP contribution is -2.47. The molecule has 1 aliphatic heterocycles. The molecule has 0 spiro atoms. The summed E-state index contributed by atoms with van der Waals surface area (Å²) in [5, 5.41) is 10.4. The summed E-state index contributed by atoms with van der Waals surface area (Å²) in [6.45, 7) is 6.28. The van der Waals surface area contributed by atoms with E-state index in [1.807, 2.05) is 6.07 Å². The van der Waals surface area contributed by atoms with Crippen molar-refractivity contribution in [1.82, 2.24) is 19.7 Å². The number of fused-ring (bicyclic) bond motifs is 1. The Balaban J connectivity index is 1.44. The number of hydrogen-bond acceptors (Lipinski definition) is 7. The first-order valence-electron chi connectivity index (χ1n) is 10.6. The maximum Gasteiger partial charge on any atom is 0.417 e. The zero-order valence-corrected chi connectivity index (χ0v) is 19.3. The lowest BCUT2D eigenvalue weighted by atomic mass is 10.1. The Labute approximate surface area is 199 Å². The summed E-state index contributed by atoms with van der Waals surface area (Å²) in [6, 6.07) is 3.50. The van der Waals surface area contributed by atoms with Crippen LogP contribution in [0.4, 0.5) is 30.4 Å². The zero-order chi connectivity index (χ0) is 25.3. The van der Waals surface area contributed by atoms with E-state index >= 15 is 0 Å². The summed E-state index contributed by atoms with van der Waals surface area (Å²) in [5.41, 5.74) is 2.57. The number of anilines is 3. The number of rotatable bonds is 7. The molecule has 4 rings (SSSR count). The minimum atomic E-state index is -4.42. The first kappa shape index (κ1) is 24.0. The number of likely N-dealkylation sites (N-methyl/N-ethyl adjacent to an activating group) is 1. The molecule has 35 heavy (non-hydrogen) atoms. The minimum absolute atomic E-state index is 0.240. The standard InChI is InChI=1S/C23H24F3N7O2/c1-13-20-18(32(3)21(14(2)35-4)22(34)31-20)7-19(30-13)28-8-15-9-29-33(11-15)12-17-6-5-16(10-27-17)23(24,25)26/h5-7,9-11,21H,2,8,12H2,1,3-4H3,(H,28,30)(H,31,34). The second-order valence-corrected chi connectivity index (χ2v) is 8.10. The molecule has 9 nitrogen and oxygen atoms in total. The van der Waals surface area contributed by atoms with Gasteiger partial charge in [0.1, 0.15) is 11.6 Å². The van der Waals surface area contributed by atoms with Gasteiger partial charge in [0.25, 0.3) is 5.91 Å². The van der Waals surface area contributed by atoms with Crippen LogP contribution in [0.2, 0.25) is 0 Å². The number of nitrogens with zero attached hydrogens (tertiary/aromatic N) is 5. The van der Waals surface area contributed by atoms with E-state index in [4.69, 9.17) is 4.74 Å². The molecule has 0 bridgehead atoms.